The minimum atomic E-state index is -4.17. The lowest BCUT2D eigenvalue weighted by atomic mass is 9.94. The number of nitrogens with one attached hydrogen (secondary N) is 1. The Morgan fingerprint density at radius 1 is 1.25 bits per heavy atom. The topological polar surface area (TPSA) is 58.4 Å². The second kappa shape index (κ2) is 8.46. The fourth-order valence-electron chi connectivity index (χ4n) is 2.11. The molecule has 1 atom stereocenters. The van der Waals surface area contributed by atoms with Gasteiger partial charge in [0.2, 0.25) is 5.91 Å². The largest absolute Gasteiger partial charge is 0.401 e. The van der Waals surface area contributed by atoms with Crippen LogP contribution in [0.25, 0.3) is 0 Å². The van der Waals surface area contributed by atoms with Crippen LogP contribution >= 0.6 is 0 Å². The van der Waals surface area contributed by atoms with Crippen LogP contribution in [0.15, 0.2) is 0 Å². The van der Waals surface area contributed by atoms with Gasteiger partial charge >= 0.3 is 6.18 Å². The molecule has 0 saturated carbocycles. The molecule has 20 heavy (non-hydrogen) atoms. The summed E-state index contributed by atoms with van der Waals surface area (Å²) in [5.74, 6) is -0.429. The number of nitrogens with two attached hydrogens (primary N) is 1. The van der Waals surface area contributed by atoms with E-state index in [4.69, 9.17) is 5.73 Å². The molecule has 0 spiro atoms. The maximum Gasteiger partial charge on any atom is 0.401 e. The molecule has 0 aromatic carbocycles. The van der Waals surface area contributed by atoms with E-state index in [2.05, 4.69) is 5.32 Å². The minimum Gasteiger partial charge on any atom is -0.368 e. The molecule has 0 radical (unpaired) electrons. The minimum absolute atomic E-state index is 0.361. The van der Waals surface area contributed by atoms with Crippen molar-refractivity contribution in [2.45, 2.75) is 51.7 Å². The van der Waals surface area contributed by atoms with Crippen molar-refractivity contribution >= 4 is 5.91 Å². The Bertz CT molecular complexity index is 297. The zero-order chi connectivity index (χ0) is 15.8. The average molecular weight is 297 g/mol. The number of rotatable bonds is 10. The van der Waals surface area contributed by atoms with Gasteiger partial charge in [-0.15, -0.1) is 0 Å². The van der Waals surface area contributed by atoms with Crippen LogP contribution in [0.1, 0.15) is 40.0 Å². The van der Waals surface area contributed by atoms with Gasteiger partial charge in [-0.2, -0.15) is 13.2 Å². The lowest BCUT2D eigenvalue weighted by molar-refractivity contribution is -0.145. The van der Waals surface area contributed by atoms with Gasteiger partial charge in [-0.05, 0) is 45.8 Å². The van der Waals surface area contributed by atoms with Crippen LogP contribution in [0.4, 0.5) is 13.2 Å². The molecule has 0 aromatic heterocycles. The molecule has 4 nitrogen and oxygen atoms in total. The number of alkyl halides is 3. The molecule has 0 bridgehead atoms. The number of unbranched alkanes of at least 4 members (excludes halogenated alkanes) is 1. The molecule has 0 fully saturated rings. The highest BCUT2D eigenvalue weighted by Gasteiger charge is 2.31. The summed E-state index contributed by atoms with van der Waals surface area (Å²) in [5, 5.41) is 3.03. The van der Waals surface area contributed by atoms with E-state index in [1.54, 1.807) is 13.8 Å². The smallest absolute Gasteiger partial charge is 0.368 e. The van der Waals surface area contributed by atoms with Crippen LogP contribution in [-0.4, -0.2) is 48.7 Å². The second-order valence-electron chi connectivity index (χ2n) is 5.17. The number of carbonyl (C=O) groups is 1. The first kappa shape index (κ1) is 19.2. The Morgan fingerprint density at radius 2 is 1.85 bits per heavy atom. The van der Waals surface area contributed by atoms with E-state index >= 15 is 0 Å². The van der Waals surface area contributed by atoms with Gasteiger partial charge in [-0.1, -0.05) is 13.8 Å². The monoisotopic (exact) mass is 297 g/mol. The zero-order valence-corrected chi connectivity index (χ0v) is 12.5. The summed E-state index contributed by atoms with van der Waals surface area (Å²) in [5.41, 5.74) is 4.57. The third kappa shape index (κ3) is 7.69. The van der Waals surface area contributed by atoms with Crippen LogP contribution in [0, 0.1) is 0 Å². The highest BCUT2D eigenvalue weighted by atomic mass is 19.4. The van der Waals surface area contributed by atoms with Crippen molar-refractivity contribution in [3.63, 3.8) is 0 Å². The molecule has 0 aromatic rings. The fourth-order valence-corrected chi connectivity index (χ4v) is 2.11. The van der Waals surface area contributed by atoms with E-state index in [0.29, 0.717) is 38.9 Å². The number of carbonyl (C=O) groups excluding carboxylic acids is 1. The molecule has 0 heterocycles. The Morgan fingerprint density at radius 3 is 2.25 bits per heavy atom. The molecule has 0 aliphatic carbocycles. The van der Waals surface area contributed by atoms with Gasteiger partial charge in [0.15, 0.2) is 0 Å². The van der Waals surface area contributed by atoms with Crippen LogP contribution in [0.2, 0.25) is 0 Å². The number of likely N-dealkylation sites (N-methyl/N-ethyl adjacent to an activating group) is 1. The summed E-state index contributed by atoms with van der Waals surface area (Å²) in [6, 6.07) is 0. The summed E-state index contributed by atoms with van der Waals surface area (Å²) in [6.45, 7) is 5.78. The Hall–Kier alpha value is -0.820. The highest BCUT2D eigenvalue weighted by molar-refractivity contribution is 5.84. The number of hydrogen-bond acceptors (Lipinski definition) is 3. The molecule has 7 heteroatoms. The Labute approximate surface area is 118 Å². The summed E-state index contributed by atoms with van der Waals surface area (Å²) >= 11 is 0. The van der Waals surface area contributed by atoms with Gasteiger partial charge in [-0.25, -0.2) is 0 Å². The molecule has 0 aliphatic heterocycles. The molecule has 3 N–H and O–H groups in total. The molecule has 1 amide bonds. The number of nitrogens with zero attached hydrogens (tertiary/aromatic N) is 1. The fraction of sp³-hybridized carbons (Fsp3) is 0.923. The maximum absolute atomic E-state index is 12.3. The summed E-state index contributed by atoms with van der Waals surface area (Å²) in [7, 11) is 0. The Kier molecular flexibility index (Phi) is 8.12. The molecular weight excluding hydrogens is 271 g/mol. The first-order valence-corrected chi connectivity index (χ1v) is 6.98. The maximum atomic E-state index is 12.3. The predicted octanol–water partition coefficient (Wildman–Crippen LogP) is 1.89. The lowest BCUT2D eigenvalue weighted by Crippen LogP contribution is -2.53. The molecule has 0 saturated heterocycles. The van der Waals surface area contributed by atoms with Gasteiger partial charge in [0.25, 0.3) is 0 Å². The van der Waals surface area contributed by atoms with Crippen molar-refractivity contribution in [1.82, 2.24) is 10.2 Å². The number of amides is 1. The molecule has 0 rings (SSSR count). The van der Waals surface area contributed by atoms with Gasteiger partial charge in [0.1, 0.15) is 0 Å². The number of primary amides is 1. The van der Waals surface area contributed by atoms with Crippen molar-refractivity contribution in [2.75, 3.05) is 26.2 Å². The van der Waals surface area contributed by atoms with E-state index in [1.165, 1.54) is 4.90 Å². The van der Waals surface area contributed by atoms with Crippen molar-refractivity contribution in [2.24, 2.45) is 5.73 Å². The molecule has 1 unspecified atom stereocenters. The summed E-state index contributed by atoms with van der Waals surface area (Å²) in [4.78, 5) is 12.7. The van der Waals surface area contributed by atoms with Crippen molar-refractivity contribution in [1.29, 1.82) is 0 Å². The average Bonchev–Trinajstić information content (AvgIpc) is 2.31. The molecule has 120 valence electrons. The third-order valence-corrected chi connectivity index (χ3v) is 3.36. The van der Waals surface area contributed by atoms with E-state index in [-0.39, 0.29) is 0 Å². The Balaban J connectivity index is 4.13. The van der Waals surface area contributed by atoms with Crippen LogP contribution < -0.4 is 11.1 Å². The van der Waals surface area contributed by atoms with E-state index < -0.39 is 24.2 Å². The molecule has 0 aliphatic rings. The zero-order valence-electron chi connectivity index (χ0n) is 12.5. The quantitative estimate of drug-likeness (QED) is 0.605. The second-order valence-corrected chi connectivity index (χ2v) is 5.17. The van der Waals surface area contributed by atoms with Crippen molar-refractivity contribution < 1.29 is 18.0 Å². The normalized spacial score (nSPS) is 15.3. The van der Waals surface area contributed by atoms with Crippen LogP contribution in [-0.2, 0) is 4.79 Å². The van der Waals surface area contributed by atoms with Gasteiger partial charge in [-0.3, -0.25) is 9.69 Å². The first-order chi connectivity index (χ1) is 9.14. The summed E-state index contributed by atoms with van der Waals surface area (Å²) in [6.07, 6.45) is -2.37. The van der Waals surface area contributed by atoms with Crippen LogP contribution in [0.3, 0.4) is 0 Å². The van der Waals surface area contributed by atoms with E-state index in [0.717, 1.165) is 0 Å². The van der Waals surface area contributed by atoms with E-state index in [9.17, 15) is 18.0 Å². The third-order valence-electron chi connectivity index (χ3n) is 3.36. The SMILES string of the molecule is CCNC(C)(CCCCN(CC)CC(F)(F)F)C(N)=O. The van der Waals surface area contributed by atoms with Gasteiger partial charge in [0.05, 0.1) is 12.1 Å². The van der Waals surface area contributed by atoms with E-state index in [1.807, 2.05) is 6.92 Å². The standard InChI is InChI=1S/C13H26F3N3O/c1-4-18-12(3,11(17)20)8-6-7-9-19(5-2)10-13(14,15)16/h18H,4-10H2,1-3H3,(H2,17,20). The highest BCUT2D eigenvalue weighted by Crippen LogP contribution is 2.18. The van der Waals surface area contributed by atoms with Crippen molar-refractivity contribution in [3.8, 4) is 0 Å². The number of hydrogen-bond donors (Lipinski definition) is 2. The van der Waals surface area contributed by atoms with Gasteiger partial charge in [0, 0.05) is 0 Å². The van der Waals surface area contributed by atoms with Gasteiger partial charge < -0.3 is 11.1 Å². The van der Waals surface area contributed by atoms with Crippen LogP contribution in [0.5, 0.6) is 0 Å². The number of halogens is 3. The summed E-state index contributed by atoms with van der Waals surface area (Å²) < 4.78 is 36.9. The van der Waals surface area contributed by atoms with Crippen molar-refractivity contribution in [3.05, 3.63) is 0 Å². The molecular formula is C13H26F3N3O. The predicted molar refractivity (Wildman–Crippen MR) is 73.3 cm³/mol. The lowest BCUT2D eigenvalue weighted by Gasteiger charge is -2.27. The first-order valence-electron chi connectivity index (χ1n) is 6.98.